The molecular weight excluding hydrogens is 316 g/mol. The molecule has 23 heavy (non-hydrogen) atoms. The van der Waals surface area contributed by atoms with Crippen LogP contribution in [0.1, 0.15) is 35.3 Å². The number of carbonyl (C=O) groups excluding carboxylic acids is 2. The molecule has 2 rings (SSSR count). The number of nitrogens with one attached hydrogen (secondary N) is 1. The van der Waals surface area contributed by atoms with Gasteiger partial charge in [-0.3, -0.25) is 9.59 Å². The largest absolute Gasteiger partial charge is 0.466 e. The quantitative estimate of drug-likeness (QED) is 0.651. The molecule has 1 unspecified atom stereocenters. The van der Waals surface area contributed by atoms with Crippen LogP contribution in [-0.4, -0.2) is 23.5 Å². The topological polar surface area (TPSA) is 68.3 Å². The van der Waals surface area contributed by atoms with Crippen LogP contribution in [0.5, 0.6) is 0 Å². The summed E-state index contributed by atoms with van der Waals surface area (Å²) in [5, 5.41) is 3.08. The second-order valence-electron chi connectivity index (χ2n) is 4.81. The summed E-state index contributed by atoms with van der Waals surface area (Å²) in [7, 11) is 0. The SMILES string of the molecule is CCOC(=O)CC(NC(=O)c1ccnc(Cl)c1)c1ccccc1. The lowest BCUT2D eigenvalue weighted by Crippen LogP contribution is -2.30. The van der Waals surface area contributed by atoms with E-state index >= 15 is 0 Å². The lowest BCUT2D eigenvalue weighted by molar-refractivity contribution is -0.143. The molecule has 1 amide bonds. The number of pyridine rings is 1. The minimum Gasteiger partial charge on any atom is -0.466 e. The number of nitrogens with zero attached hydrogens (tertiary/aromatic N) is 1. The van der Waals surface area contributed by atoms with E-state index in [1.54, 1.807) is 13.0 Å². The summed E-state index contributed by atoms with van der Waals surface area (Å²) in [6.45, 7) is 2.04. The number of benzene rings is 1. The summed E-state index contributed by atoms with van der Waals surface area (Å²) in [6, 6.07) is 11.8. The molecule has 6 heteroatoms. The van der Waals surface area contributed by atoms with Gasteiger partial charge in [0.2, 0.25) is 0 Å². The van der Waals surface area contributed by atoms with E-state index in [0.29, 0.717) is 12.2 Å². The smallest absolute Gasteiger partial charge is 0.308 e. The van der Waals surface area contributed by atoms with Gasteiger partial charge in [0.25, 0.3) is 5.91 Å². The zero-order chi connectivity index (χ0) is 16.7. The third-order valence-corrected chi connectivity index (χ3v) is 3.38. The van der Waals surface area contributed by atoms with Crippen LogP contribution in [0.3, 0.4) is 0 Å². The van der Waals surface area contributed by atoms with E-state index in [0.717, 1.165) is 5.56 Å². The van der Waals surface area contributed by atoms with Crippen LogP contribution in [0.4, 0.5) is 0 Å². The van der Waals surface area contributed by atoms with Crippen molar-refractivity contribution in [2.24, 2.45) is 0 Å². The van der Waals surface area contributed by atoms with Gasteiger partial charge in [-0.15, -0.1) is 0 Å². The highest BCUT2D eigenvalue weighted by molar-refractivity contribution is 6.29. The van der Waals surface area contributed by atoms with Crippen molar-refractivity contribution in [1.82, 2.24) is 10.3 Å². The van der Waals surface area contributed by atoms with Gasteiger partial charge < -0.3 is 10.1 Å². The molecule has 0 aliphatic heterocycles. The normalized spacial score (nSPS) is 11.6. The molecule has 0 fully saturated rings. The van der Waals surface area contributed by atoms with Crippen molar-refractivity contribution >= 4 is 23.5 Å². The van der Waals surface area contributed by atoms with Crippen LogP contribution < -0.4 is 5.32 Å². The maximum Gasteiger partial charge on any atom is 0.308 e. The van der Waals surface area contributed by atoms with Gasteiger partial charge in [0.1, 0.15) is 5.15 Å². The number of hydrogen-bond donors (Lipinski definition) is 1. The Hall–Kier alpha value is -2.40. The Bertz CT molecular complexity index is 677. The number of amides is 1. The predicted molar refractivity (Wildman–Crippen MR) is 87.1 cm³/mol. The highest BCUT2D eigenvalue weighted by Gasteiger charge is 2.20. The second kappa shape index (κ2) is 8.29. The molecule has 0 spiro atoms. The van der Waals surface area contributed by atoms with Crippen molar-refractivity contribution in [3.8, 4) is 0 Å². The fourth-order valence-corrected chi connectivity index (χ4v) is 2.28. The molecule has 2 aromatic rings. The maximum atomic E-state index is 12.4. The molecule has 0 bridgehead atoms. The van der Waals surface area contributed by atoms with Gasteiger partial charge in [0.15, 0.2) is 0 Å². The first-order chi connectivity index (χ1) is 11.1. The van der Waals surface area contributed by atoms with E-state index in [2.05, 4.69) is 10.3 Å². The molecule has 1 heterocycles. The number of aromatic nitrogens is 1. The van der Waals surface area contributed by atoms with Crippen molar-refractivity contribution < 1.29 is 14.3 Å². The Morgan fingerprint density at radius 2 is 2.00 bits per heavy atom. The Morgan fingerprint density at radius 1 is 1.26 bits per heavy atom. The predicted octanol–water partition coefficient (Wildman–Crippen LogP) is 3.16. The molecule has 120 valence electrons. The van der Waals surface area contributed by atoms with E-state index in [9.17, 15) is 9.59 Å². The molecule has 5 nitrogen and oxygen atoms in total. The van der Waals surface area contributed by atoms with Gasteiger partial charge in [-0.2, -0.15) is 0 Å². The number of halogens is 1. The zero-order valence-electron chi connectivity index (χ0n) is 12.7. The third-order valence-electron chi connectivity index (χ3n) is 3.17. The van der Waals surface area contributed by atoms with Gasteiger partial charge in [0, 0.05) is 11.8 Å². The molecule has 0 aliphatic carbocycles. The zero-order valence-corrected chi connectivity index (χ0v) is 13.4. The van der Waals surface area contributed by atoms with E-state index in [-0.39, 0.29) is 23.5 Å². The average Bonchev–Trinajstić information content (AvgIpc) is 2.55. The number of ether oxygens (including phenoxy) is 1. The summed E-state index contributed by atoms with van der Waals surface area (Å²) in [6.07, 6.45) is 1.52. The van der Waals surface area contributed by atoms with Gasteiger partial charge in [-0.05, 0) is 24.6 Å². The molecule has 0 radical (unpaired) electrons. The highest BCUT2D eigenvalue weighted by Crippen LogP contribution is 2.18. The van der Waals surface area contributed by atoms with Crippen LogP contribution >= 0.6 is 11.6 Å². The Kier molecular flexibility index (Phi) is 6.11. The molecule has 1 aromatic heterocycles. The van der Waals surface area contributed by atoms with E-state index < -0.39 is 6.04 Å². The highest BCUT2D eigenvalue weighted by atomic mass is 35.5. The summed E-state index contributed by atoms with van der Waals surface area (Å²) >= 11 is 5.80. The summed E-state index contributed by atoms with van der Waals surface area (Å²) in [5.74, 6) is -0.693. The van der Waals surface area contributed by atoms with Crippen LogP contribution in [0.15, 0.2) is 48.7 Å². The van der Waals surface area contributed by atoms with Crippen LogP contribution in [-0.2, 0) is 9.53 Å². The monoisotopic (exact) mass is 332 g/mol. The number of rotatable bonds is 6. The van der Waals surface area contributed by atoms with Crippen LogP contribution in [0.2, 0.25) is 5.15 Å². The summed E-state index contributed by atoms with van der Waals surface area (Å²) < 4.78 is 4.98. The molecular formula is C17H17ClN2O3. The average molecular weight is 333 g/mol. The molecule has 1 atom stereocenters. The summed E-state index contributed by atoms with van der Waals surface area (Å²) in [5.41, 5.74) is 1.21. The Morgan fingerprint density at radius 3 is 2.65 bits per heavy atom. The first-order valence-corrected chi connectivity index (χ1v) is 7.61. The molecule has 0 aliphatic rings. The lowest BCUT2D eigenvalue weighted by Gasteiger charge is -2.18. The minimum atomic E-state index is -0.477. The first kappa shape index (κ1) is 17.0. The van der Waals surface area contributed by atoms with Gasteiger partial charge in [-0.1, -0.05) is 41.9 Å². The first-order valence-electron chi connectivity index (χ1n) is 7.23. The fourth-order valence-electron chi connectivity index (χ4n) is 2.11. The molecule has 0 saturated carbocycles. The minimum absolute atomic E-state index is 0.0579. The lowest BCUT2D eigenvalue weighted by atomic mass is 10.0. The molecule has 1 N–H and O–H groups in total. The Balaban J connectivity index is 2.17. The van der Waals surface area contributed by atoms with Crippen molar-refractivity contribution in [2.45, 2.75) is 19.4 Å². The number of hydrogen-bond acceptors (Lipinski definition) is 4. The van der Waals surface area contributed by atoms with Crippen molar-refractivity contribution in [1.29, 1.82) is 0 Å². The van der Waals surface area contributed by atoms with Gasteiger partial charge in [-0.25, -0.2) is 4.98 Å². The van der Waals surface area contributed by atoms with Gasteiger partial charge >= 0.3 is 5.97 Å². The van der Waals surface area contributed by atoms with Crippen molar-refractivity contribution in [3.05, 3.63) is 64.9 Å². The van der Waals surface area contributed by atoms with Crippen LogP contribution in [0, 0.1) is 0 Å². The summed E-state index contributed by atoms with van der Waals surface area (Å²) in [4.78, 5) is 28.0. The van der Waals surface area contributed by atoms with Crippen molar-refractivity contribution in [2.75, 3.05) is 6.61 Å². The third kappa shape index (κ3) is 5.07. The number of carbonyl (C=O) groups is 2. The van der Waals surface area contributed by atoms with Crippen molar-refractivity contribution in [3.63, 3.8) is 0 Å². The second-order valence-corrected chi connectivity index (χ2v) is 5.20. The van der Waals surface area contributed by atoms with Gasteiger partial charge in [0.05, 0.1) is 19.1 Å². The fraction of sp³-hybridized carbons (Fsp3) is 0.235. The van der Waals surface area contributed by atoms with E-state index in [4.69, 9.17) is 16.3 Å². The van der Waals surface area contributed by atoms with Crippen LogP contribution in [0.25, 0.3) is 0 Å². The maximum absolute atomic E-state index is 12.4. The number of esters is 1. The van der Waals surface area contributed by atoms with E-state index in [1.165, 1.54) is 12.3 Å². The molecule has 0 saturated heterocycles. The van der Waals surface area contributed by atoms with E-state index in [1.807, 2.05) is 30.3 Å². The Labute approximate surface area is 139 Å². The standard InChI is InChI=1S/C17H17ClN2O3/c1-2-23-16(21)11-14(12-6-4-3-5-7-12)20-17(22)13-8-9-19-15(18)10-13/h3-10,14H,2,11H2,1H3,(H,20,22). The molecule has 1 aromatic carbocycles.